The number of para-hydroxylation sites is 1. The van der Waals surface area contributed by atoms with E-state index < -0.39 is 26.7 Å². The SMILES string of the molecule is Nc1ncnc2c1ncn2C1O[C@H](CO[P+](=O)Oc2ccccc2)C[C@@H]1O. The first kappa shape index (κ1) is 17.7. The van der Waals surface area contributed by atoms with Crippen LogP contribution in [0.4, 0.5) is 5.82 Å². The molecule has 4 rings (SSSR count). The number of nitrogen functional groups attached to an aromatic ring is 1. The van der Waals surface area contributed by atoms with E-state index in [0.29, 0.717) is 23.3 Å². The quantitative estimate of drug-likeness (QED) is 0.604. The number of nitrogens with zero attached hydrogens (tertiary/aromatic N) is 4. The molecule has 1 fully saturated rings. The highest BCUT2D eigenvalue weighted by Gasteiger charge is 2.38. The normalized spacial score (nSPS) is 22.9. The fourth-order valence-electron chi connectivity index (χ4n) is 2.88. The van der Waals surface area contributed by atoms with Crippen molar-refractivity contribution in [2.24, 2.45) is 0 Å². The summed E-state index contributed by atoms with van der Waals surface area (Å²) in [5.74, 6) is 0.701. The van der Waals surface area contributed by atoms with E-state index >= 15 is 0 Å². The number of nitrogens with two attached hydrogens (primary N) is 1. The highest BCUT2D eigenvalue weighted by atomic mass is 31.1. The number of aliphatic hydroxyl groups is 1. The lowest BCUT2D eigenvalue weighted by Crippen LogP contribution is -2.19. The second kappa shape index (κ2) is 7.53. The van der Waals surface area contributed by atoms with Gasteiger partial charge in [0, 0.05) is 11.0 Å². The Kier molecular flexibility index (Phi) is 4.95. The average molecular weight is 390 g/mol. The lowest BCUT2D eigenvalue weighted by atomic mass is 10.2. The molecule has 3 heterocycles. The number of anilines is 1. The Labute approximate surface area is 154 Å². The average Bonchev–Trinajstić information content (AvgIpc) is 3.25. The fraction of sp³-hybridized carbons (Fsp3) is 0.312. The summed E-state index contributed by atoms with van der Waals surface area (Å²) >= 11 is 0. The molecule has 1 aromatic carbocycles. The third kappa shape index (κ3) is 3.74. The second-order valence-corrected chi connectivity index (χ2v) is 6.85. The van der Waals surface area contributed by atoms with Crippen LogP contribution < -0.4 is 10.3 Å². The number of benzene rings is 1. The first-order valence-corrected chi connectivity index (χ1v) is 9.31. The highest BCUT2D eigenvalue weighted by Crippen LogP contribution is 2.34. The van der Waals surface area contributed by atoms with Gasteiger partial charge in [-0.2, -0.15) is 0 Å². The van der Waals surface area contributed by atoms with Gasteiger partial charge in [-0.1, -0.05) is 18.2 Å². The topological polar surface area (TPSA) is 135 Å². The van der Waals surface area contributed by atoms with Crippen molar-refractivity contribution in [2.75, 3.05) is 12.3 Å². The number of imidazole rings is 1. The van der Waals surface area contributed by atoms with Gasteiger partial charge in [-0.3, -0.25) is 4.57 Å². The number of rotatable bonds is 6. The number of aliphatic hydroxyl groups excluding tert-OH is 1. The number of ether oxygens (including phenoxy) is 1. The van der Waals surface area contributed by atoms with E-state index in [9.17, 15) is 9.67 Å². The molecule has 1 aliphatic heterocycles. The van der Waals surface area contributed by atoms with E-state index in [1.165, 1.54) is 12.7 Å². The van der Waals surface area contributed by atoms with Crippen molar-refractivity contribution in [3.63, 3.8) is 0 Å². The minimum atomic E-state index is -2.35. The standard InChI is InChI=1S/C16H17N5O5P/c17-14-13-15(19-8-18-14)21(9-20-13)16-12(22)6-11(25-16)7-24-27(23)26-10-4-2-1-3-5-10/h1-5,8-9,11-12,16,22H,6-7H2,(H2,17,18,19)/q+1/t11-,12-,16?/m0/s1. The molecule has 10 nitrogen and oxygen atoms in total. The third-order valence-electron chi connectivity index (χ3n) is 4.12. The zero-order valence-electron chi connectivity index (χ0n) is 14.1. The van der Waals surface area contributed by atoms with Crippen molar-refractivity contribution in [3.8, 4) is 5.75 Å². The maximum absolute atomic E-state index is 11.9. The van der Waals surface area contributed by atoms with Gasteiger partial charge in [-0.15, -0.1) is 4.52 Å². The fourth-order valence-corrected chi connectivity index (χ4v) is 3.52. The lowest BCUT2D eigenvalue weighted by Gasteiger charge is -2.16. The molecule has 0 amide bonds. The molecule has 0 radical (unpaired) electrons. The van der Waals surface area contributed by atoms with Gasteiger partial charge < -0.3 is 15.6 Å². The summed E-state index contributed by atoms with van der Waals surface area (Å²) in [5.41, 5.74) is 6.68. The molecule has 0 saturated carbocycles. The Morgan fingerprint density at radius 2 is 2.11 bits per heavy atom. The van der Waals surface area contributed by atoms with E-state index in [0.717, 1.165) is 0 Å². The first-order valence-electron chi connectivity index (χ1n) is 8.21. The van der Waals surface area contributed by atoms with Crippen LogP contribution in [0.5, 0.6) is 5.75 Å². The van der Waals surface area contributed by atoms with Gasteiger partial charge >= 0.3 is 8.25 Å². The zero-order chi connectivity index (χ0) is 18.8. The summed E-state index contributed by atoms with van der Waals surface area (Å²) in [5, 5.41) is 10.4. The maximum Gasteiger partial charge on any atom is 0.750 e. The van der Waals surface area contributed by atoms with Crippen LogP contribution in [0, 0.1) is 0 Å². The van der Waals surface area contributed by atoms with Crippen LogP contribution in [0.1, 0.15) is 12.6 Å². The molecule has 27 heavy (non-hydrogen) atoms. The van der Waals surface area contributed by atoms with Crippen LogP contribution in [-0.2, 0) is 13.8 Å². The molecule has 2 aromatic heterocycles. The van der Waals surface area contributed by atoms with Crippen LogP contribution >= 0.6 is 8.25 Å². The molecular weight excluding hydrogens is 373 g/mol. The van der Waals surface area contributed by atoms with Gasteiger partial charge in [0.2, 0.25) is 0 Å². The molecule has 4 atom stereocenters. The number of hydrogen-bond donors (Lipinski definition) is 2. The van der Waals surface area contributed by atoms with Gasteiger partial charge in [0.05, 0.1) is 12.4 Å². The maximum atomic E-state index is 11.9. The molecule has 2 unspecified atom stereocenters. The van der Waals surface area contributed by atoms with E-state index in [4.69, 9.17) is 19.5 Å². The highest BCUT2D eigenvalue weighted by molar-refractivity contribution is 7.33. The van der Waals surface area contributed by atoms with Gasteiger partial charge in [0.25, 0.3) is 0 Å². The Bertz CT molecular complexity index is 953. The van der Waals surface area contributed by atoms with Crippen molar-refractivity contribution >= 4 is 25.2 Å². The molecule has 11 heteroatoms. The van der Waals surface area contributed by atoms with Crippen molar-refractivity contribution in [3.05, 3.63) is 43.0 Å². The second-order valence-electron chi connectivity index (χ2n) is 5.96. The number of fused-ring (bicyclic) bond motifs is 1. The summed E-state index contributed by atoms with van der Waals surface area (Å²) in [6.07, 6.45) is 1.15. The molecule has 0 spiro atoms. The Balaban J connectivity index is 1.38. The largest absolute Gasteiger partial charge is 0.750 e. The van der Waals surface area contributed by atoms with Gasteiger partial charge in [0.1, 0.15) is 24.6 Å². The van der Waals surface area contributed by atoms with Crippen molar-refractivity contribution < 1.29 is 23.5 Å². The van der Waals surface area contributed by atoms with E-state index in [-0.39, 0.29) is 12.4 Å². The van der Waals surface area contributed by atoms with Crippen molar-refractivity contribution in [2.45, 2.75) is 24.9 Å². The Morgan fingerprint density at radius 1 is 1.30 bits per heavy atom. The smallest absolute Gasteiger partial charge is 0.388 e. The van der Waals surface area contributed by atoms with Gasteiger partial charge in [-0.25, -0.2) is 19.5 Å². The van der Waals surface area contributed by atoms with Gasteiger partial charge in [-0.05, 0) is 12.1 Å². The minimum Gasteiger partial charge on any atom is -0.388 e. The van der Waals surface area contributed by atoms with Crippen LogP contribution in [0.25, 0.3) is 11.2 Å². The molecule has 3 N–H and O–H groups in total. The van der Waals surface area contributed by atoms with Gasteiger partial charge in [0.15, 0.2) is 23.4 Å². The number of aromatic nitrogens is 4. The predicted octanol–water partition coefficient (Wildman–Crippen LogP) is 1.81. The summed E-state index contributed by atoms with van der Waals surface area (Å²) < 4.78 is 29.8. The molecule has 1 saturated heterocycles. The third-order valence-corrected chi connectivity index (χ3v) is 4.84. The van der Waals surface area contributed by atoms with Crippen LogP contribution in [0.3, 0.4) is 0 Å². The minimum absolute atomic E-state index is 0.0132. The molecule has 0 aliphatic carbocycles. The molecule has 140 valence electrons. The van der Waals surface area contributed by atoms with Crippen LogP contribution in [-0.4, -0.2) is 43.4 Å². The lowest BCUT2D eigenvalue weighted by molar-refractivity contribution is -0.0458. The van der Waals surface area contributed by atoms with Crippen LogP contribution in [0.15, 0.2) is 43.0 Å². The summed E-state index contributed by atoms with van der Waals surface area (Å²) in [7, 11) is -2.35. The van der Waals surface area contributed by atoms with E-state index in [2.05, 4.69) is 15.0 Å². The summed E-state index contributed by atoms with van der Waals surface area (Å²) in [6.45, 7) is 0.0132. The summed E-state index contributed by atoms with van der Waals surface area (Å²) in [6, 6.07) is 8.73. The van der Waals surface area contributed by atoms with E-state index in [1.807, 2.05) is 6.07 Å². The Hall–Kier alpha value is -2.65. The molecule has 1 aliphatic rings. The molecule has 3 aromatic rings. The van der Waals surface area contributed by atoms with Crippen LogP contribution in [0.2, 0.25) is 0 Å². The van der Waals surface area contributed by atoms with Crippen molar-refractivity contribution in [1.82, 2.24) is 19.5 Å². The van der Waals surface area contributed by atoms with E-state index in [1.54, 1.807) is 28.8 Å². The summed E-state index contributed by atoms with van der Waals surface area (Å²) in [4.78, 5) is 12.2. The molecule has 0 bridgehead atoms. The first-order chi connectivity index (χ1) is 13.1. The predicted molar refractivity (Wildman–Crippen MR) is 94.9 cm³/mol. The zero-order valence-corrected chi connectivity index (χ0v) is 15.0. The Morgan fingerprint density at radius 3 is 2.93 bits per heavy atom. The number of hydrogen-bond acceptors (Lipinski definition) is 9. The monoisotopic (exact) mass is 390 g/mol. The molecular formula is C16H17N5O5P+. The van der Waals surface area contributed by atoms with Crippen molar-refractivity contribution in [1.29, 1.82) is 0 Å².